The number of hydrogen-bond donors (Lipinski definition) is 4. The number of amides is 1. The second kappa shape index (κ2) is 9.85. The topological polar surface area (TPSA) is 94.2 Å². The Morgan fingerprint density at radius 1 is 1.06 bits per heavy atom. The van der Waals surface area contributed by atoms with Gasteiger partial charge < -0.3 is 21.3 Å². The van der Waals surface area contributed by atoms with Crippen LogP contribution in [0.25, 0.3) is 0 Å². The monoisotopic (exact) mass is 447 g/mol. The van der Waals surface area contributed by atoms with Crippen LogP contribution in [0.4, 0.5) is 17.1 Å². The predicted molar refractivity (Wildman–Crippen MR) is 132 cm³/mol. The van der Waals surface area contributed by atoms with Crippen molar-refractivity contribution < 1.29 is 4.79 Å². The molecular formula is C25H26ClN5O. The van der Waals surface area contributed by atoms with Gasteiger partial charge in [0.25, 0.3) is 5.91 Å². The van der Waals surface area contributed by atoms with E-state index < -0.39 is 6.04 Å². The van der Waals surface area contributed by atoms with Crippen molar-refractivity contribution >= 4 is 40.4 Å². The third-order valence-electron chi connectivity index (χ3n) is 5.50. The first-order chi connectivity index (χ1) is 15.5. The number of carbonyl (C=O) groups excluding carboxylic acids is 1. The first-order valence-electron chi connectivity index (χ1n) is 10.6. The molecule has 6 nitrogen and oxygen atoms in total. The van der Waals surface area contributed by atoms with Gasteiger partial charge in [-0.3, -0.25) is 10.2 Å². The second-order valence-electron chi connectivity index (χ2n) is 7.75. The molecule has 0 bridgehead atoms. The number of nitrogens with two attached hydrogens (primary N) is 1. The molecule has 1 saturated heterocycles. The number of rotatable bonds is 7. The molecule has 0 radical (unpaired) electrons. The van der Waals surface area contributed by atoms with Crippen molar-refractivity contribution in [1.29, 1.82) is 5.41 Å². The van der Waals surface area contributed by atoms with Gasteiger partial charge in [-0.2, -0.15) is 0 Å². The van der Waals surface area contributed by atoms with Crippen LogP contribution in [0.15, 0.2) is 72.8 Å². The molecule has 0 saturated carbocycles. The molecule has 1 fully saturated rings. The van der Waals surface area contributed by atoms with Crippen molar-refractivity contribution in [2.45, 2.75) is 25.4 Å². The van der Waals surface area contributed by atoms with Crippen molar-refractivity contribution in [2.75, 3.05) is 22.1 Å². The Labute approximate surface area is 192 Å². The normalized spacial score (nSPS) is 14.3. The van der Waals surface area contributed by atoms with Gasteiger partial charge in [0.15, 0.2) is 0 Å². The molecule has 164 valence electrons. The minimum absolute atomic E-state index is 0.202. The molecule has 5 N–H and O–H groups in total. The largest absolute Gasteiger partial charge is 0.370 e. The highest BCUT2D eigenvalue weighted by Crippen LogP contribution is 2.32. The maximum Gasteiger partial charge on any atom is 0.251 e. The number of halogens is 1. The molecule has 1 amide bonds. The highest BCUT2D eigenvalue weighted by Gasteiger charge is 2.23. The zero-order valence-corrected chi connectivity index (χ0v) is 18.4. The van der Waals surface area contributed by atoms with Gasteiger partial charge in [0, 0.05) is 30.9 Å². The minimum Gasteiger partial charge on any atom is -0.370 e. The Bertz CT molecular complexity index is 1120. The van der Waals surface area contributed by atoms with E-state index in [4.69, 9.17) is 22.7 Å². The maximum atomic E-state index is 13.3. The van der Waals surface area contributed by atoms with Crippen molar-refractivity contribution in [3.63, 3.8) is 0 Å². The Morgan fingerprint density at radius 2 is 1.88 bits per heavy atom. The molecule has 7 heteroatoms. The molecule has 3 aromatic carbocycles. The van der Waals surface area contributed by atoms with Crippen molar-refractivity contribution in [1.82, 2.24) is 0 Å². The number of benzene rings is 3. The minimum atomic E-state index is -0.602. The molecule has 0 spiro atoms. The Morgan fingerprint density at radius 3 is 2.56 bits per heavy atom. The maximum absolute atomic E-state index is 13.3. The summed E-state index contributed by atoms with van der Waals surface area (Å²) in [5.41, 5.74) is 9.81. The fourth-order valence-corrected chi connectivity index (χ4v) is 4.14. The van der Waals surface area contributed by atoms with Crippen LogP contribution < -0.4 is 21.3 Å². The SMILES string of the molecule is N=C1CCCN1c1ccc(NC(=O)[C@@H](Nc2cccc(CN)c2)c2ccccc2)cc1Cl. The lowest BCUT2D eigenvalue weighted by atomic mass is 10.0. The standard InChI is InChI=1S/C25H26ClN5O/c26-21-15-20(11-12-22(21)31-13-5-10-23(31)28)30-25(32)24(18-7-2-1-3-8-18)29-19-9-4-6-17(14-19)16-27/h1-4,6-9,11-12,14-15,24,28-29H,5,10,13,16,27H2,(H,30,32)/t24-/m0/s1. The number of hydrogen-bond acceptors (Lipinski definition) is 4. The van der Waals surface area contributed by atoms with Gasteiger partial charge in [-0.1, -0.05) is 54.1 Å². The van der Waals surface area contributed by atoms with Crippen LogP contribution in [0.2, 0.25) is 5.02 Å². The zero-order chi connectivity index (χ0) is 22.5. The van der Waals surface area contributed by atoms with E-state index in [-0.39, 0.29) is 5.91 Å². The molecule has 0 aliphatic carbocycles. The molecule has 0 aromatic heterocycles. The highest BCUT2D eigenvalue weighted by atomic mass is 35.5. The van der Waals surface area contributed by atoms with Gasteiger partial charge >= 0.3 is 0 Å². The van der Waals surface area contributed by atoms with Gasteiger partial charge in [0.05, 0.1) is 10.7 Å². The summed E-state index contributed by atoms with van der Waals surface area (Å²) in [4.78, 5) is 15.2. The summed E-state index contributed by atoms with van der Waals surface area (Å²) in [5.74, 6) is 0.365. The molecule has 1 aliphatic rings. The van der Waals surface area contributed by atoms with Crippen LogP contribution in [0.1, 0.15) is 30.0 Å². The van der Waals surface area contributed by atoms with Crippen LogP contribution >= 0.6 is 11.6 Å². The smallest absolute Gasteiger partial charge is 0.251 e. The van der Waals surface area contributed by atoms with E-state index in [0.29, 0.717) is 23.1 Å². The Hall–Kier alpha value is -3.35. The molecule has 1 atom stereocenters. The lowest BCUT2D eigenvalue weighted by molar-refractivity contribution is -0.117. The Balaban J connectivity index is 1.56. The first kappa shape index (κ1) is 21.9. The van der Waals surface area contributed by atoms with E-state index in [1.165, 1.54) is 0 Å². The summed E-state index contributed by atoms with van der Waals surface area (Å²) in [5, 5.41) is 14.9. The average Bonchev–Trinajstić information content (AvgIpc) is 3.23. The summed E-state index contributed by atoms with van der Waals surface area (Å²) in [6.07, 6.45) is 1.70. The second-order valence-corrected chi connectivity index (χ2v) is 8.16. The van der Waals surface area contributed by atoms with Crippen molar-refractivity contribution in [2.24, 2.45) is 5.73 Å². The number of amidine groups is 1. The van der Waals surface area contributed by atoms with Gasteiger partial charge in [0.2, 0.25) is 0 Å². The summed E-state index contributed by atoms with van der Waals surface area (Å²) in [6.45, 7) is 1.21. The third kappa shape index (κ3) is 4.93. The fraction of sp³-hybridized carbons (Fsp3) is 0.200. The van der Waals surface area contributed by atoms with E-state index in [1.54, 1.807) is 6.07 Å². The predicted octanol–water partition coefficient (Wildman–Crippen LogP) is 5.17. The molecule has 1 heterocycles. The quantitative estimate of drug-likeness (QED) is 0.402. The number of anilines is 3. The summed E-state index contributed by atoms with van der Waals surface area (Å²) < 4.78 is 0. The van der Waals surface area contributed by atoms with E-state index in [1.807, 2.05) is 71.6 Å². The molecule has 32 heavy (non-hydrogen) atoms. The van der Waals surface area contributed by atoms with Crippen LogP contribution in [-0.2, 0) is 11.3 Å². The van der Waals surface area contributed by atoms with E-state index in [0.717, 1.165) is 41.9 Å². The van der Waals surface area contributed by atoms with Crippen LogP contribution in [0.3, 0.4) is 0 Å². The fourth-order valence-electron chi connectivity index (χ4n) is 3.86. The molecule has 0 unspecified atom stereocenters. The average molecular weight is 448 g/mol. The number of carbonyl (C=O) groups is 1. The molecular weight excluding hydrogens is 422 g/mol. The van der Waals surface area contributed by atoms with E-state index in [2.05, 4.69) is 10.6 Å². The van der Waals surface area contributed by atoms with Gasteiger partial charge in [-0.25, -0.2) is 0 Å². The van der Waals surface area contributed by atoms with Crippen molar-refractivity contribution in [3.8, 4) is 0 Å². The third-order valence-corrected chi connectivity index (χ3v) is 5.80. The molecule has 4 rings (SSSR count). The van der Waals surface area contributed by atoms with Crippen LogP contribution in [-0.4, -0.2) is 18.3 Å². The van der Waals surface area contributed by atoms with Gasteiger partial charge in [-0.15, -0.1) is 0 Å². The number of nitrogens with zero attached hydrogens (tertiary/aromatic N) is 1. The van der Waals surface area contributed by atoms with E-state index in [9.17, 15) is 4.79 Å². The molecule has 3 aromatic rings. The summed E-state index contributed by atoms with van der Waals surface area (Å²) in [6, 6.07) is 22.1. The van der Waals surface area contributed by atoms with Gasteiger partial charge in [0.1, 0.15) is 11.9 Å². The van der Waals surface area contributed by atoms with Crippen molar-refractivity contribution in [3.05, 3.63) is 88.9 Å². The summed E-state index contributed by atoms with van der Waals surface area (Å²) in [7, 11) is 0. The number of nitrogens with one attached hydrogen (secondary N) is 3. The van der Waals surface area contributed by atoms with E-state index >= 15 is 0 Å². The van der Waals surface area contributed by atoms with Gasteiger partial charge in [-0.05, 0) is 47.9 Å². The Kier molecular flexibility index (Phi) is 6.73. The lowest BCUT2D eigenvalue weighted by Crippen LogP contribution is -2.27. The molecule has 1 aliphatic heterocycles. The van der Waals surface area contributed by atoms with Crippen LogP contribution in [0.5, 0.6) is 0 Å². The highest BCUT2D eigenvalue weighted by molar-refractivity contribution is 6.34. The summed E-state index contributed by atoms with van der Waals surface area (Å²) >= 11 is 6.50. The lowest BCUT2D eigenvalue weighted by Gasteiger charge is -2.22. The zero-order valence-electron chi connectivity index (χ0n) is 17.6. The van der Waals surface area contributed by atoms with Crippen LogP contribution in [0, 0.1) is 5.41 Å². The first-order valence-corrected chi connectivity index (χ1v) is 11.0.